The lowest BCUT2D eigenvalue weighted by Gasteiger charge is -2.56. The third-order valence-corrected chi connectivity index (χ3v) is 5.81. The molecule has 3 aliphatic carbocycles. The Labute approximate surface area is 104 Å². The summed E-state index contributed by atoms with van der Waals surface area (Å²) in [4.78, 5) is 12.5. The summed E-state index contributed by atoms with van der Waals surface area (Å²) in [6.45, 7) is 2.20. The highest BCUT2D eigenvalue weighted by Gasteiger charge is 2.58. The number of carbonyl (C=O) groups is 1. The van der Waals surface area contributed by atoms with Gasteiger partial charge in [-0.05, 0) is 37.5 Å². The van der Waals surface area contributed by atoms with Gasteiger partial charge in [0.2, 0.25) is 0 Å². The largest absolute Gasteiger partial charge is 0.389 e. The quantitative estimate of drug-likeness (QED) is 0.760. The minimum absolute atomic E-state index is 0.0191. The number of Topliss-reactive ketones (excluding diaryl/α,β-unsaturated/α-hetero) is 1. The number of carbonyl (C=O) groups excluding carboxylic acids is 1. The SMILES string of the molecule is CC[C@@H]1[C@@H]2CCC[C@@H](C2=O)[C@@]2(O)CCCC[C@H]12. The molecule has 1 N–H and O–H groups in total. The Kier molecular flexibility index (Phi) is 2.81. The molecule has 0 aromatic heterocycles. The van der Waals surface area contributed by atoms with Crippen molar-refractivity contribution in [3.8, 4) is 0 Å². The van der Waals surface area contributed by atoms with Crippen molar-refractivity contribution in [3.63, 3.8) is 0 Å². The van der Waals surface area contributed by atoms with Crippen LogP contribution in [0.4, 0.5) is 0 Å². The maximum Gasteiger partial charge on any atom is 0.142 e. The maximum absolute atomic E-state index is 12.5. The molecule has 2 nitrogen and oxygen atoms in total. The topological polar surface area (TPSA) is 37.3 Å². The van der Waals surface area contributed by atoms with E-state index in [0.717, 1.165) is 44.9 Å². The molecule has 3 aliphatic rings. The number of ketones is 1. The maximum atomic E-state index is 12.5. The third-order valence-electron chi connectivity index (χ3n) is 5.81. The molecule has 0 spiro atoms. The van der Waals surface area contributed by atoms with Crippen LogP contribution in [0.3, 0.4) is 0 Å². The third kappa shape index (κ3) is 1.53. The molecule has 0 radical (unpaired) electrons. The van der Waals surface area contributed by atoms with Crippen LogP contribution in [-0.4, -0.2) is 16.5 Å². The second-order valence-corrected chi connectivity index (χ2v) is 6.41. The van der Waals surface area contributed by atoms with Crippen LogP contribution >= 0.6 is 0 Å². The molecule has 3 fully saturated rings. The van der Waals surface area contributed by atoms with Gasteiger partial charge in [-0.25, -0.2) is 0 Å². The van der Waals surface area contributed by atoms with Crippen LogP contribution in [0.15, 0.2) is 0 Å². The van der Waals surface area contributed by atoms with Crippen LogP contribution in [0.25, 0.3) is 0 Å². The number of hydrogen-bond donors (Lipinski definition) is 1. The molecule has 0 heterocycles. The van der Waals surface area contributed by atoms with Gasteiger partial charge in [0.05, 0.1) is 5.60 Å². The fourth-order valence-corrected chi connectivity index (χ4v) is 5.08. The molecule has 0 aliphatic heterocycles. The van der Waals surface area contributed by atoms with Crippen molar-refractivity contribution in [2.45, 2.75) is 63.9 Å². The molecule has 0 saturated heterocycles. The van der Waals surface area contributed by atoms with Gasteiger partial charge in [0, 0.05) is 11.8 Å². The molecule has 3 saturated carbocycles. The molecule has 5 atom stereocenters. The molecular weight excluding hydrogens is 212 g/mol. The summed E-state index contributed by atoms with van der Waals surface area (Å²) in [5, 5.41) is 11.1. The molecule has 0 aromatic carbocycles. The summed E-state index contributed by atoms with van der Waals surface area (Å²) in [6.07, 6.45) is 8.61. The van der Waals surface area contributed by atoms with Crippen molar-refractivity contribution in [1.82, 2.24) is 0 Å². The second-order valence-electron chi connectivity index (χ2n) is 6.41. The number of hydrogen-bond acceptors (Lipinski definition) is 2. The summed E-state index contributed by atoms with van der Waals surface area (Å²) >= 11 is 0. The van der Waals surface area contributed by atoms with Gasteiger partial charge in [0.1, 0.15) is 5.78 Å². The van der Waals surface area contributed by atoms with Crippen molar-refractivity contribution in [2.24, 2.45) is 23.7 Å². The normalized spacial score (nSPS) is 49.9. The summed E-state index contributed by atoms with van der Waals surface area (Å²) in [5.41, 5.74) is -0.632. The van der Waals surface area contributed by atoms with Gasteiger partial charge in [-0.2, -0.15) is 0 Å². The Morgan fingerprint density at radius 3 is 2.82 bits per heavy atom. The number of rotatable bonds is 1. The zero-order valence-electron chi connectivity index (χ0n) is 10.8. The fraction of sp³-hybridized carbons (Fsp3) is 0.933. The van der Waals surface area contributed by atoms with E-state index in [0.29, 0.717) is 17.6 Å². The lowest BCUT2D eigenvalue weighted by molar-refractivity contribution is -0.181. The van der Waals surface area contributed by atoms with Crippen LogP contribution in [0, 0.1) is 23.7 Å². The summed E-state index contributed by atoms with van der Waals surface area (Å²) in [5.74, 6) is 1.54. The smallest absolute Gasteiger partial charge is 0.142 e. The van der Waals surface area contributed by atoms with E-state index in [-0.39, 0.29) is 11.8 Å². The van der Waals surface area contributed by atoms with E-state index < -0.39 is 5.60 Å². The highest BCUT2D eigenvalue weighted by Crippen LogP contribution is 2.55. The number of aliphatic hydroxyl groups is 1. The van der Waals surface area contributed by atoms with Crippen LogP contribution < -0.4 is 0 Å². The molecule has 0 aromatic rings. The highest BCUT2D eigenvalue weighted by molar-refractivity contribution is 5.86. The van der Waals surface area contributed by atoms with Gasteiger partial charge in [0.25, 0.3) is 0 Å². The molecule has 0 unspecified atom stereocenters. The molecular formula is C15H24O2. The average Bonchev–Trinajstić information content (AvgIpc) is 2.32. The van der Waals surface area contributed by atoms with Gasteiger partial charge in [-0.15, -0.1) is 0 Å². The Balaban J connectivity index is 2.00. The van der Waals surface area contributed by atoms with Crippen molar-refractivity contribution in [3.05, 3.63) is 0 Å². The van der Waals surface area contributed by atoms with Crippen molar-refractivity contribution < 1.29 is 9.90 Å². The molecule has 2 heteroatoms. The minimum atomic E-state index is -0.632. The zero-order chi connectivity index (χ0) is 12.0. The summed E-state index contributed by atoms with van der Waals surface area (Å²) in [7, 11) is 0. The first-order valence-corrected chi connectivity index (χ1v) is 7.44. The van der Waals surface area contributed by atoms with Crippen LogP contribution in [0.1, 0.15) is 58.3 Å². The van der Waals surface area contributed by atoms with Gasteiger partial charge in [0.15, 0.2) is 0 Å². The number of fused-ring (bicyclic) bond motifs is 4. The molecule has 0 amide bonds. The Morgan fingerprint density at radius 1 is 1.24 bits per heavy atom. The Hall–Kier alpha value is -0.370. The molecule has 2 bridgehead atoms. The summed E-state index contributed by atoms with van der Waals surface area (Å²) in [6, 6.07) is 0. The highest BCUT2D eigenvalue weighted by atomic mass is 16.3. The standard InChI is InChI=1S/C15H24O2/c1-2-10-11-6-5-8-13(14(11)16)15(17)9-4-3-7-12(10)15/h10-13,17H,2-9H2,1H3/t10-,11+,12-,13+,15-/m1/s1. The summed E-state index contributed by atoms with van der Waals surface area (Å²) < 4.78 is 0. The van der Waals surface area contributed by atoms with E-state index >= 15 is 0 Å². The first kappa shape index (κ1) is 11.7. The lowest BCUT2D eigenvalue weighted by Crippen LogP contribution is -2.61. The molecule has 3 rings (SSSR count). The Bertz CT molecular complexity index is 325. The van der Waals surface area contributed by atoms with Gasteiger partial charge < -0.3 is 5.11 Å². The van der Waals surface area contributed by atoms with Crippen LogP contribution in [0.5, 0.6) is 0 Å². The van der Waals surface area contributed by atoms with E-state index in [1.165, 1.54) is 6.42 Å². The van der Waals surface area contributed by atoms with E-state index in [2.05, 4.69) is 6.92 Å². The van der Waals surface area contributed by atoms with Gasteiger partial charge in [-0.3, -0.25) is 4.79 Å². The molecule has 96 valence electrons. The second kappa shape index (κ2) is 4.08. The van der Waals surface area contributed by atoms with Crippen molar-refractivity contribution in [1.29, 1.82) is 0 Å². The van der Waals surface area contributed by atoms with E-state index in [1.807, 2.05) is 0 Å². The minimum Gasteiger partial charge on any atom is -0.389 e. The zero-order valence-corrected chi connectivity index (χ0v) is 10.8. The van der Waals surface area contributed by atoms with Crippen LogP contribution in [0.2, 0.25) is 0 Å². The average molecular weight is 236 g/mol. The van der Waals surface area contributed by atoms with Crippen molar-refractivity contribution >= 4 is 5.78 Å². The van der Waals surface area contributed by atoms with E-state index in [9.17, 15) is 9.90 Å². The van der Waals surface area contributed by atoms with Crippen molar-refractivity contribution in [2.75, 3.05) is 0 Å². The predicted molar refractivity (Wildman–Crippen MR) is 66.5 cm³/mol. The van der Waals surface area contributed by atoms with Gasteiger partial charge >= 0.3 is 0 Å². The first-order valence-electron chi connectivity index (χ1n) is 7.44. The van der Waals surface area contributed by atoms with Crippen LogP contribution in [-0.2, 0) is 4.79 Å². The van der Waals surface area contributed by atoms with E-state index in [1.54, 1.807) is 0 Å². The lowest BCUT2D eigenvalue weighted by atomic mass is 9.50. The van der Waals surface area contributed by atoms with Gasteiger partial charge in [-0.1, -0.05) is 32.6 Å². The first-order chi connectivity index (χ1) is 8.18. The monoisotopic (exact) mass is 236 g/mol. The molecule has 17 heavy (non-hydrogen) atoms. The van der Waals surface area contributed by atoms with E-state index in [4.69, 9.17) is 0 Å². The Morgan fingerprint density at radius 2 is 2.06 bits per heavy atom. The fourth-order valence-electron chi connectivity index (χ4n) is 5.08. The predicted octanol–water partition coefficient (Wildman–Crippen LogP) is 2.93.